The van der Waals surface area contributed by atoms with Crippen molar-refractivity contribution in [2.75, 3.05) is 20.6 Å². The number of nitrogens with zero attached hydrogens (tertiary/aromatic N) is 1. The molecule has 0 aliphatic heterocycles. The lowest BCUT2D eigenvalue weighted by Crippen LogP contribution is -2.39. The second-order valence-electron chi connectivity index (χ2n) is 7.13. The number of hydrogen-bond donors (Lipinski definition) is 1. The van der Waals surface area contributed by atoms with E-state index in [4.69, 9.17) is 16.0 Å². The number of hydrogen-bond acceptors (Lipinski definition) is 4. The minimum Gasteiger partial charge on any atom is -0.423 e. The number of nitrogens with one attached hydrogen (secondary N) is 1. The van der Waals surface area contributed by atoms with Crippen LogP contribution in [0.5, 0.6) is 0 Å². The van der Waals surface area contributed by atoms with Gasteiger partial charge in [-0.3, -0.25) is 0 Å². The van der Waals surface area contributed by atoms with Crippen molar-refractivity contribution in [3.63, 3.8) is 0 Å². The molecule has 1 heterocycles. The van der Waals surface area contributed by atoms with E-state index in [9.17, 15) is 4.79 Å². The van der Waals surface area contributed by atoms with Gasteiger partial charge >= 0.3 is 5.63 Å². The Bertz CT molecular complexity index is 967. The molecule has 3 aromatic rings. The van der Waals surface area contributed by atoms with Crippen LogP contribution in [0.1, 0.15) is 16.7 Å². The van der Waals surface area contributed by atoms with Gasteiger partial charge in [-0.15, -0.1) is 0 Å². The normalized spacial score (nSPS) is 12.6. The summed E-state index contributed by atoms with van der Waals surface area (Å²) in [5, 5.41) is 5.04. The number of benzene rings is 2. The molecule has 0 fully saturated rings. The van der Waals surface area contributed by atoms with Gasteiger partial charge in [-0.1, -0.05) is 41.9 Å². The largest absolute Gasteiger partial charge is 0.423 e. The number of fused-ring (bicyclic) bond motifs is 1. The molecule has 0 amide bonds. The zero-order valence-corrected chi connectivity index (χ0v) is 16.7. The lowest BCUT2D eigenvalue weighted by Gasteiger charge is -2.25. The maximum Gasteiger partial charge on any atom is 0.336 e. The molecule has 0 spiro atoms. The Morgan fingerprint density at radius 1 is 1.15 bits per heavy atom. The number of likely N-dealkylation sites (N-methyl/N-ethyl adjacent to an activating group) is 1. The van der Waals surface area contributed by atoms with Gasteiger partial charge in [0.1, 0.15) is 5.58 Å². The molecular formula is C22H25ClN2O2. The second-order valence-corrected chi connectivity index (χ2v) is 7.53. The van der Waals surface area contributed by atoms with E-state index >= 15 is 0 Å². The van der Waals surface area contributed by atoms with Crippen LogP contribution in [0.25, 0.3) is 11.0 Å². The molecule has 5 heteroatoms. The van der Waals surface area contributed by atoms with Crippen LogP contribution in [-0.4, -0.2) is 31.6 Å². The molecule has 1 atom stereocenters. The maximum atomic E-state index is 11.9. The molecule has 0 bridgehead atoms. The molecule has 3 rings (SSSR count). The fraction of sp³-hybridized carbons (Fsp3) is 0.318. The molecule has 2 aromatic carbocycles. The predicted molar refractivity (Wildman–Crippen MR) is 112 cm³/mol. The summed E-state index contributed by atoms with van der Waals surface area (Å²) in [5.41, 5.74) is 3.35. The van der Waals surface area contributed by atoms with Crippen LogP contribution >= 0.6 is 11.6 Å². The Morgan fingerprint density at radius 2 is 1.89 bits per heavy atom. The smallest absolute Gasteiger partial charge is 0.336 e. The average Bonchev–Trinajstić information content (AvgIpc) is 2.63. The van der Waals surface area contributed by atoms with E-state index < -0.39 is 0 Å². The molecule has 0 unspecified atom stereocenters. The Balaban J connectivity index is 1.73. The van der Waals surface area contributed by atoms with E-state index in [1.807, 2.05) is 25.1 Å². The minimum atomic E-state index is -0.338. The molecule has 142 valence electrons. The summed E-state index contributed by atoms with van der Waals surface area (Å²) < 4.78 is 5.33. The third kappa shape index (κ3) is 4.98. The van der Waals surface area contributed by atoms with E-state index in [0.717, 1.165) is 29.5 Å². The molecule has 1 N–H and O–H groups in total. The Hall–Kier alpha value is -2.14. The minimum absolute atomic E-state index is 0.338. The Morgan fingerprint density at radius 3 is 2.59 bits per heavy atom. The van der Waals surface area contributed by atoms with Gasteiger partial charge in [-0.2, -0.15) is 0 Å². The highest BCUT2D eigenvalue weighted by Crippen LogP contribution is 2.25. The van der Waals surface area contributed by atoms with Gasteiger partial charge in [0.05, 0.1) is 0 Å². The van der Waals surface area contributed by atoms with Crippen molar-refractivity contribution in [3.05, 3.63) is 80.7 Å². The van der Waals surface area contributed by atoms with Gasteiger partial charge in [-0.25, -0.2) is 4.79 Å². The highest BCUT2D eigenvalue weighted by Gasteiger charge is 2.13. The lowest BCUT2D eigenvalue weighted by atomic mass is 10.0. The van der Waals surface area contributed by atoms with Gasteiger partial charge in [0.25, 0.3) is 0 Å². The molecule has 1 aromatic heterocycles. The van der Waals surface area contributed by atoms with Crippen molar-refractivity contribution < 1.29 is 4.42 Å². The van der Waals surface area contributed by atoms with E-state index in [1.54, 1.807) is 6.07 Å². The zero-order chi connectivity index (χ0) is 19.4. The SMILES string of the molecule is Cc1cc2oc(=O)cc(CNC[C@H](Cc3ccccc3)N(C)C)c2cc1Cl. The summed E-state index contributed by atoms with van der Waals surface area (Å²) in [6, 6.07) is 16.1. The molecule has 0 radical (unpaired) electrons. The molecule has 0 saturated carbocycles. The Labute approximate surface area is 164 Å². The first-order valence-electron chi connectivity index (χ1n) is 9.08. The van der Waals surface area contributed by atoms with Crippen molar-refractivity contribution in [2.45, 2.75) is 25.9 Å². The third-order valence-corrected chi connectivity index (χ3v) is 5.26. The van der Waals surface area contributed by atoms with E-state index in [0.29, 0.717) is 23.2 Å². The maximum absolute atomic E-state index is 11.9. The topological polar surface area (TPSA) is 45.5 Å². The van der Waals surface area contributed by atoms with Crippen molar-refractivity contribution >= 4 is 22.6 Å². The third-order valence-electron chi connectivity index (χ3n) is 4.85. The molecule has 0 saturated heterocycles. The summed E-state index contributed by atoms with van der Waals surface area (Å²) in [6.07, 6.45) is 0.962. The van der Waals surface area contributed by atoms with Crippen LogP contribution in [0.3, 0.4) is 0 Å². The molecule has 0 aliphatic rings. The first kappa shape index (κ1) is 19.6. The van der Waals surface area contributed by atoms with Crippen LogP contribution in [0.4, 0.5) is 0 Å². The number of rotatable bonds is 7. The van der Waals surface area contributed by atoms with Gasteiger partial charge in [-0.05, 0) is 56.3 Å². The first-order chi connectivity index (χ1) is 12.9. The molecule has 27 heavy (non-hydrogen) atoms. The van der Waals surface area contributed by atoms with Crippen LogP contribution in [0.2, 0.25) is 5.02 Å². The summed E-state index contributed by atoms with van der Waals surface area (Å²) in [7, 11) is 4.18. The highest BCUT2D eigenvalue weighted by atomic mass is 35.5. The summed E-state index contributed by atoms with van der Waals surface area (Å²) >= 11 is 6.27. The molecule has 4 nitrogen and oxygen atoms in total. The van der Waals surface area contributed by atoms with Crippen molar-refractivity contribution in [1.82, 2.24) is 10.2 Å². The van der Waals surface area contributed by atoms with Crippen LogP contribution in [-0.2, 0) is 13.0 Å². The Kier molecular flexibility index (Phi) is 6.32. The van der Waals surface area contributed by atoms with Gasteiger partial charge in [0, 0.05) is 35.6 Å². The monoisotopic (exact) mass is 384 g/mol. The lowest BCUT2D eigenvalue weighted by molar-refractivity contribution is 0.281. The number of aryl methyl sites for hydroxylation is 1. The van der Waals surface area contributed by atoms with Crippen molar-refractivity contribution in [1.29, 1.82) is 0 Å². The highest BCUT2D eigenvalue weighted by molar-refractivity contribution is 6.32. The van der Waals surface area contributed by atoms with Gasteiger partial charge in [0.2, 0.25) is 0 Å². The zero-order valence-electron chi connectivity index (χ0n) is 16.0. The van der Waals surface area contributed by atoms with E-state index in [-0.39, 0.29) is 5.63 Å². The quantitative estimate of drug-likeness (QED) is 0.625. The van der Waals surface area contributed by atoms with Gasteiger partial charge in [0.15, 0.2) is 0 Å². The van der Waals surface area contributed by atoms with Crippen LogP contribution in [0.15, 0.2) is 57.7 Å². The molecule has 0 aliphatic carbocycles. The average molecular weight is 385 g/mol. The molecular weight excluding hydrogens is 360 g/mol. The van der Waals surface area contributed by atoms with E-state index in [2.05, 4.69) is 48.6 Å². The first-order valence-corrected chi connectivity index (χ1v) is 9.46. The second kappa shape index (κ2) is 8.70. The van der Waals surface area contributed by atoms with Crippen molar-refractivity contribution in [2.24, 2.45) is 0 Å². The van der Waals surface area contributed by atoms with Crippen LogP contribution < -0.4 is 10.9 Å². The van der Waals surface area contributed by atoms with E-state index in [1.165, 1.54) is 5.56 Å². The summed E-state index contributed by atoms with van der Waals surface area (Å²) in [5.74, 6) is 0. The van der Waals surface area contributed by atoms with Crippen molar-refractivity contribution in [3.8, 4) is 0 Å². The summed E-state index contributed by atoms with van der Waals surface area (Å²) in [4.78, 5) is 14.1. The fourth-order valence-electron chi connectivity index (χ4n) is 3.19. The summed E-state index contributed by atoms with van der Waals surface area (Å²) in [6.45, 7) is 3.29. The van der Waals surface area contributed by atoms with Gasteiger partial charge < -0.3 is 14.6 Å². The number of halogens is 1. The standard InChI is InChI=1S/C22H25ClN2O2/c1-15-9-21-19(12-20(15)23)17(11-22(26)27-21)13-24-14-18(25(2)3)10-16-7-5-4-6-8-16/h4-9,11-12,18,24H,10,13-14H2,1-3H3/t18-/m0/s1. The fourth-order valence-corrected chi connectivity index (χ4v) is 3.36. The van der Waals surface area contributed by atoms with Crippen LogP contribution in [0, 0.1) is 6.92 Å². The predicted octanol–water partition coefficient (Wildman–Crippen LogP) is 4.02.